The van der Waals surface area contributed by atoms with Crippen molar-refractivity contribution in [2.75, 3.05) is 26.2 Å². The van der Waals surface area contributed by atoms with Crippen molar-refractivity contribution in [3.63, 3.8) is 0 Å². The van der Waals surface area contributed by atoms with Gasteiger partial charge in [-0.3, -0.25) is 4.90 Å². The van der Waals surface area contributed by atoms with Crippen molar-refractivity contribution in [2.45, 2.75) is 32.7 Å². The molecule has 0 aromatic heterocycles. The number of hydroxylamine groups is 1. The summed E-state index contributed by atoms with van der Waals surface area (Å²) in [5.41, 5.74) is 2.96. The van der Waals surface area contributed by atoms with Crippen LogP contribution in [0.4, 0.5) is 0 Å². The molecule has 0 spiro atoms. The Labute approximate surface area is 86.8 Å². The topological polar surface area (TPSA) is 24.5 Å². The molecule has 0 aromatic rings. The SMILES string of the molecule is CCN(CC)CC#CCC1CCON1. The number of hydrogen-bond acceptors (Lipinski definition) is 3. The van der Waals surface area contributed by atoms with Crippen molar-refractivity contribution >= 4 is 0 Å². The predicted octanol–water partition coefficient (Wildman–Crippen LogP) is 1.02. The van der Waals surface area contributed by atoms with Crippen LogP contribution in [0, 0.1) is 11.8 Å². The third kappa shape index (κ3) is 4.10. The third-order valence-corrected chi connectivity index (χ3v) is 2.49. The summed E-state index contributed by atoms with van der Waals surface area (Å²) in [5.74, 6) is 6.39. The summed E-state index contributed by atoms with van der Waals surface area (Å²) in [7, 11) is 0. The monoisotopic (exact) mass is 196 g/mol. The molecular weight excluding hydrogens is 176 g/mol. The first-order valence-corrected chi connectivity index (χ1v) is 5.42. The van der Waals surface area contributed by atoms with Crippen LogP contribution in [0.25, 0.3) is 0 Å². The van der Waals surface area contributed by atoms with Crippen molar-refractivity contribution in [2.24, 2.45) is 0 Å². The Morgan fingerprint density at radius 3 is 2.71 bits per heavy atom. The van der Waals surface area contributed by atoms with Gasteiger partial charge in [0.25, 0.3) is 0 Å². The van der Waals surface area contributed by atoms with Crippen molar-refractivity contribution < 1.29 is 4.84 Å². The third-order valence-electron chi connectivity index (χ3n) is 2.49. The highest BCUT2D eigenvalue weighted by Crippen LogP contribution is 2.03. The Bertz CT molecular complexity index is 189. The minimum absolute atomic E-state index is 0.444. The van der Waals surface area contributed by atoms with Gasteiger partial charge in [0.15, 0.2) is 0 Å². The van der Waals surface area contributed by atoms with Crippen LogP contribution in [0.15, 0.2) is 0 Å². The molecule has 3 nitrogen and oxygen atoms in total. The quantitative estimate of drug-likeness (QED) is 0.679. The summed E-state index contributed by atoms with van der Waals surface area (Å²) in [4.78, 5) is 7.36. The molecule has 0 aromatic carbocycles. The number of nitrogens with zero attached hydrogens (tertiary/aromatic N) is 1. The van der Waals surface area contributed by atoms with E-state index >= 15 is 0 Å². The second-order valence-corrected chi connectivity index (χ2v) is 3.47. The molecule has 14 heavy (non-hydrogen) atoms. The van der Waals surface area contributed by atoms with Gasteiger partial charge >= 0.3 is 0 Å². The zero-order valence-corrected chi connectivity index (χ0v) is 9.18. The van der Waals surface area contributed by atoms with Crippen LogP contribution in [-0.4, -0.2) is 37.2 Å². The first-order chi connectivity index (χ1) is 6.86. The molecule has 0 radical (unpaired) electrons. The summed E-state index contributed by atoms with van der Waals surface area (Å²) in [6, 6.07) is 0.444. The first-order valence-electron chi connectivity index (χ1n) is 5.42. The van der Waals surface area contributed by atoms with E-state index in [0.29, 0.717) is 6.04 Å². The molecular formula is C11H20N2O. The lowest BCUT2D eigenvalue weighted by molar-refractivity contribution is 0.0889. The van der Waals surface area contributed by atoms with Gasteiger partial charge < -0.3 is 4.84 Å². The minimum atomic E-state index is 0.444. The molecule has 3 heteroatoms. The van der Waals surface area contributed by atoms with Crippen LogP contribution < -0.4 is 5.48 Å². The first kappa shape index (κ1) is 11.5. The molecule has 1 heterocycles. The molecule has 1 atom stereocenters. The fraction of sp³-hybridized carbons (Fsp3) is 0.818. The maximum atomic E-state index is 5.05. The summed E-state index contributed by atoms with van der Waals surface area (Å²) in [5, 5.41) is 0. The second kappa shape index (κ2) is 6.83. The van der Waals surface area contributed by atoms with Gasteiger partial charge in [-0.1, -0.05) is 19.8 Å². The van der Waals surface area contributed by atoms with E-state index in [2.05, 4.69) is 36.1 Å². The van der Waals surface area contributed by atoms with E-state index in [9.17, 15) is 0 Å². The zero-order chi connectivity index (χ0) is 10.2. The molecule has 0 amide bonds. The lowest BCUT2D eigenvalue weighted by atomic mass is 10.2. The Morgan fingerprint density at radius 1 is 1.36 bits per heavy atom. The molecule has 1 aliphatic heterocycles. The fourth-order valence-electron chi connectivity index (χ4n) is 1.39. The van der Waals surface area contributed by atoms with E-state index in [0.717, 1.165) is 39.1 Å². The molecule has 1 saturated heterocycles. The lowest BCUT2D eigenvalue weighted by Crippen LogP contribution is -2.23. The van der Waals surface area contributed by atoms with Gasteiger partial charge in [0.2, 0.25) is 0 Å². The number of nitrogens with one attached hydrogen (secondary N) is 1. The Balaban J connectivity index is 2.12. The van der Waals surface area contributed by atoms with Gasteiger partial charge in [-0.05, 0) is 19.5 Å². The van der Waals surface area contributed by atoms with Crippen LogP contribution in [-0.2, 0) is 4.84 Å². The summed E-state index contributed by atoms with van der Waals surface area (Å²) in [6.07, 6.45) is 1.99. The highest BCUT2D eigenvalue weighted by molar-refractivity contribution is 5.03. The highest BCUT2D eigenvalue weighted by atomic mass is 16.7. The maximum Gasteiger partial charge on any atom is 0.0698 e. The van der Waals surface area contributed by atoms with Crippen LogP contribution in [0.5, 0.6) is 0 Å². The predicted molar refractivity (Wildman–Crippen MR) is 57.7 cm³/mol. The van der Waals surface area contributed by atoms with Crippen LogP contribution in [0.1, 0.15) is 26.7 Å². The smallest absolute Gasteiger partial charge is 0.0698 e. The molecule has 1 N–H and O–H groups in total. The standard InChI is InChI=1S/C11H20N2O/c1-3-13(4-2)9-6-5-7-11-8-10-14-12-11/h11-12H,3-4,7-10H2,1-2H3. The second-order valence-electron chi connectivity index (χ2n) is 3.47. The Kier molecular flexibility index (Phi) is 5.62. The van der Waals surface area contributed by atoms with Gasteiger partial charge in [-0.25, -0.2) is 0 Å². The van der Waals surface area contributed by atoms with Crippen molar-refractivity contribution in [3.8, 4) is 11.8 Å². The zero-order valence-electron chi connectivity index (χ0n) is 9.18. The molecule has 0 saturated carbocycles. The van der Waals surface area contributed by atoms with Crippen LogP contribution in [0.3, 0.4) is 0 Å². The van der Waals surface area contributed by atoms with Crippen LogP contribution >= 0.6 is 0 Å². The molecule has 1 rings (SSSR count). The molecule has 1 unspecified atom stereocenters. The van der Waals surface area contributed by atoms with Gasteiger partial charge in [-0.15, -0.1) is 5.92 Å². The van der Waals surface area contributed by atoms with E-state index in [-0.39, 0.29) is 0 Å². The number of hydrogen-bond donors (Lipinski definition) is 1. The normalized spacial score (nSPS) is 20.9. The maximum absolute atomic E-state index is 5.05. The average molecular weight is 196 g/mol. The molecule has 0 aliphatic carbocycles. The van der Waals surface area contributed by atoms with E-state index in [4.69, 9.17) is 4.84 Å². The Hall–Kier alpha value is -0.560. The van der Waals surface area contributed by atoms with Crippen molar-refractivity contribution in [1.29, 1.82) is 0 Å². The van der Waals surface area contributed by atoms with Gasteiger partial charge in [0.1, 0.15) is 0 Å². The van der Waals surface area contributed by atoms with Crippen molar-refractivity contribution in [1.82, 2.24) is 10.4 Å². The molecule has 1 aliphatic rings. The minimum Gasteiger partial charge on any atom is -0.301 e. The summed E-state index contributed by atoms with van der Waals surface area (Å²) in [6.45, 7) is 8.20. The van der Waals surface area contributed by atoms with E-state index in [1.807, 2.05) is 0 Å². The summed E-state index contributed by atoms with van der Waals surface area (Å²) < 4.78 is 0. The van der Waals surface area contributed by atoms with Crippen LogP contribution in [0.2, 0.25) is 0 Å². The Morgan fingerprint density at radius 2 is 2.14 bits per heavy atom. The van der Waals surface area contributed by atoms with E-state index < -0.39 is 0 Å². The molecule has 80 valence electrons. The largest absolute Gasteiger partial charge is 0.301 e. The van der Waals surface area contributed by atoms with Crippen molar-refractivity contribution in [3.05, 3.63) is 0 Å². The molecule has 0 bridgehead atoms. The lowest BCUT2D eigenvalue weighted by Gasteiger charge is -2.13. The molecule has 1 fully saturated rings. The van der Waals surface area contributed by atoms with E-state index in [1.54, 1.807) is 0 Å². The van der Waals surface area contributed by atoms with E-state index in [1.165, 1.54) is 0 Å². The fourth-order valence-corrected chi connectivity index (χ4v) is 1.39. The summed E-state index contributed by atoms with van der Waals surface area (Å²) >= 11 is 0. The average Bonchev–Trinajstić information content (AvgIpc) is 2.71. The van der Waals surface area contributed by atoms with Gasteiger partial charge in [-0.2, -0.15) is 5.48 Å². The van der Waals surface area contributed by atoms with Gasteiger partial charge in [0, 0.05) is 12.5 Å². The highest BCUT2D eigenvalue weighted by Gasteiger charge is 2.12. The number of rotatable bonds is 4. The van der Waals surface area contributed by atoms with Gasteiger partial charge in [0.05, 0.1) is 13.2 Å².